The monoisotopic (exact) mass is 224 g/mol. The number of benzene rings is 1. The van der Waals surface area contributed by atoms with Gasteiger partial charge in [-0.1, -0.05) is 11.6 Å². The van der Waals surface area contributed by atoms with Gasteiger partial charge in [-0.2, -0.15) is 0 Å². The van der Waals surface area contributed by atoms with Crippen LogP contribution in [0, 0.1) is 0 Å². The summed E-state index contributed by atoms with van der Waals surface area (Å²) in [5, 5.41) is 3.30. The molecule has 0 fully saturated rings. The summed E-state index contributed by atoms with van der Waals surface area (Å²) in [4.78, 5) is 23.4. The first-order valence-electron chi connectivity index (χ1n) is 4.48. The van der Waals surface area contributed by atoms with Crippen LogP contribution in [0.15, 0.2) is 18.2 Å². The van der Waals surface area contributed by atoms with Crippen LogP contribution in [-0.2, 0) is 9.59 Å². The topological polar surface area (TPSA) is 49.4 Å². The molecule has 2 rings (SSSR count). The summed E-state index contributed by atoms with van der Waals surface area (Å²) in [5.41, 5.74) is 1.48. The fourth-order valence-corrected chi connectivity index (χ4v) is 1.74. The normalized spacial score (nSPS) is 14.5. The third-order valence-electron chi connectivity index (χ3n) is 2.20. The van der Waals surface area contributed by atoms with Gasteiger partial charge >= 0.3 is 0 Å². The van der Waals surface area contributed by atoms with Crippen LogP contribution in [-0.4, -0.2) is 25.3 Å². The van der Waals surface area contributed by atoms with Gasteiger partial charge in [0.1, 0.15) is 6.29 Å². The van der Waals surface area contributed by atoms with Crippen molar-refractivity contribution in [3.8, 4) is 0 Å². The number of amides is 1. The van der Waals surface area contributed by atoms with Gasteiger partial charge in [-0.25, -0.2) is 0 Å². The summed E-state index contributed by atoms with van der Waals surface area (Å²) in [6.45, 7) is 0.382. The average Bonchev–Trinajstić information content (AvgIpc) is 2.19. The van der Waals surface area contributed by atoms with Gasteiger partial charge in [0.05, 0.1) is 24.5 Å². The van der Waals surface area contributed by atoms with E-state index in [2.05, 4.69) is 5.32 Å². The van der Waals surface area contributed by atoms with E-state index < -0.39 is 0 Å². The molecule has 0 saturated carbocycles. The third kappa shape index (κ3) is 1.94. The van der Waals surface area contributed by atoms with Crippen LogP contribution in [0.25, 0.3) is 0 Å². The second-order valence-electron chi connectivity index (χ2n) is 3.26. The predicted octanol–water partition coefficient (Wildman–Crippen LogP) is 1.30. The molecular weight excluding hydrogens is 216 g/mol. The lowest BCUT2D eigenvalue weighted by Crippen LogP contribution is -2.39. The highest BCUT2D eigenvalue weighted by Gasteiger charge is 2.21. The van der Waals surface area contributed by atoms with Crippen molar-refractivity contribution in [1.29, 1.82) is 0 Å². The van der Waals surface area contributed by atoms with Crippen molar-refractivity contribution >= 4 is 35.2 Å². The molecule has 0 atom stereocenters. The van der Waals surface area contributed by atoms with Gasteiger partial charge < -0.3 is 15.0 Å². The highest BCUT2D eigenvalue weighted by atomic mass is 35.5. The highest BCUT2D eigenvalue weighted by molar-refractivity contribution is 6.31. The molecule has 1 N–H and O–H groups in total. The Morgan fingerprint density at radius 1 is 1.53 bits per heavy atom. The molecule has 1 aliphatic rings. The number of nitrogens with zero attached hydrogens (tertiary/aromatic N) is 1. The number of nitrogens with one attached hydrogen (secondary N) is 1. The third-order valence-corrected chi connectivity index (χ3v) is 2.44. The zero-order chi connectivity index (χ0) is 10.8. The summed E-state index contributed by atoms with van der Waals surface area (Å²) in [7, 11) is 0. The maximum absolute atomic E-state index is 11.3. The largest absolute Gasteiger partial charge is 0.353 e. The molecule has 1 aliphatic heterocycles. The first-order chi connectivity index (χ1) is 7.20. The Balaban J connectivity index is 2.42. The van der Waals surface area contributed by atoms with Crippen molar-refractivity contribution in [1.82, 2.24) is 0 Å². The minimum absolute atomic E-state index is 0.119. The van der Waals surface area contributed by atoms with Gasteiger partial charge in [0.2, 0.25) is 5.91 Å². The zero-order valence-corrected chi connectivity index (χ0v) is 8.62. The Bertz CT molecular complexity index is 420. The van der Waals surface area contributed by atoms with Crippen LogP contribution in [0.3, 0.4) is 0 Å². The first-order valence-corrected chi connectivity index (χ1v) is 4.86. The van der Waals surface area contributed by atoms with Crippen molar-refractivity contribution in [2.24, 2.45) is 0 Å². The zero-order valence-electron chi connectivity index (χ0n) is 7.87. The maximum Gasteiger partial charge on any atom is 0.243 e. The lowest BCUT2D eigenvalue weighted by atomic mass is 10.2. The molecule has 0 aliphatic carbocycles. The van der Waals surface area contributed by atoms with Gasteiger partial charge in [0.15, 0.2) is 0 Å². The van der Waals surface area contributed by atoms with E-state index in [1.165, 1.54) is 0 Å². The summed E-state index contributed by atoms with van der Waals surface area (Å²) in [5.74, 6) is -0.119. The number of carbonyl (C=O) groups is 2. The number of rotatable bonds is 2. The predicted molar refractivity (Wildman–Crippen MR) is 58.4 cm³/mol. The molecule has 1 amide bonds. The molecule has 0 radical (unpaired) electrons. The highest BCUT2D eigenvalue weighted by Crippen LogP contribution is 2.31. The second-order valence-corrected chi connectivity index (χ2v) is 3.69. The van der Waals surface area contributed by atoms with Gasteiger partial charge in [-0.15, -0.1) is 0 Å². The minimum atomic E-state index is -0.119. The number of anilines is 2. The average molecular weight is 225 g/mol. The molecule has 1 heterocycles. The van der Waals surface area contributed by atoms with Gasteiger partial charge in [0.25, 0.3) is 0 Å². The molecule has 0 aromatic heterocycles. The Labute approximate surface area is 91.8 Å². The number of carbonyl (C=O) groups excluding carboxylic acids is 2. The van der Waals surface area contributed by atoms with E-state index in [4.69, 9.17) is 11.6 Å². The van der Waals surface area contributed by atoms with Gasteiger partial charge in [-0.3, -0.25) is 4.79 Å². The van der Waals surface area contributed by atoms with E-state index in [9.17, 15) is 9.59 Å². The molecule has 0 unspecified atom stereocenters. The molecule has 78 valence electrons. The SMILES string of the molecule is O=CCN1CC(=O)Nc2ccc(Cl)cc21. The molecular formula is C10H9ClN2O2. The number of fused-ring (bicyclic) bond motifs is 1. The number of aldehydes is 1. The van der Waals surface area contributed by atoms with Crippen LogP contribution >= 0.6 is 11.6 Å². The standard InChI is InChI=1S/C10H9ClN2O2/c11-7-1-2-8-9(5-7)13(3-4-14)6-10(15)12-8/h1-2,4-5H,3,6H2,(H,12,15). The molecule has 4 nitrogen and oxygen atoms in total. The fourth-order valence-electron chi connectivity index (χ4n) is 1.57. The smallest absolute Gasteiger partial charge is 0.243 e. The molecule has 1 aromatic carbocycles. The van der Waals surface area contributed by atoms with E-state index in [0.717, 1.165) is 12.0 Å². The van der Waals surface area contributed by atoms with Crippen molar-refractivity contribution < 1.29 is 9.59 Å². The number of halogens is 1. The van der Waals surface area contributed by atoms with E-state index in [1.807, 2.05) is 0 Å². The fraction of sp³-hybridized carbons (Fsp3) is 0.200. The van der Waals surface area contributed by atoms with E-state index in [0.29, 0.717) is 10.7 Å². The first kappa shape index (κ1) is 9.98. The van der Waals surface area contributed by atoms with Crippen LogP contribution in [0.2, 0.25) is 5.02 Å². The molecule has 0 spiro atoms. The lowest BCUT2D eigenvalue weighted by molar-refractivity contribution is -0.115. The minimum Gasteiger partial charge on any atom is -0.353 e. The summed E-state index contributed by atoms with van der Waals surface area (Å²) in [6, 6.07) is 5.16. The van der Waals surface area contributed by atoms with Crippen LogP contribution < -0.4 is 10.2 Å². The Kier molecular flexibility index (Phi) is 2.60. The number of hydrogen-bond acceptors (Lipinski definition) is 3. The summed E-state index contributed by atoms with van der Waals surface area (Å²) >= 11 is 5.85. The Morgan fingerprint density at radius 3 is 3.07 bits per heavy atom. The maximum atomic E-state index is 11.3. The molecule has 5 heteroatoms. The van der Waals surface area contributed by atoms with E-state index >= 15 is 0 Å². The van der Waals surface area contributed by atoms with Crippen LogP contribution in [0.5, 0.6) is 0 Å². The summed E-state index contributed by atoms with van der Waals surface area (Å²) in [6.07, 6.45) is 0.767. The van der Waals surface area contributed by atoms with Crippen molar-refractivity contribution in [3.05, 3.63) is 23.2 Å². The Hall–Kier alpha value is -1.55. The molecule has 0 bridgehead atoms. The van der Waals surface area contributed by atoms with Gasteiger partial charge in [0, 0.05) is 5.02 Å². The van der Waals surface area contributed by atoms with Crippen LogP contribution in [0.1, 0.15) is 0 Å². The molecule has 15 heavy (non-hydrogen) atoms. The second kappa shape index (κ2) is 3.90. The van der Waals surface area contributed by atoms with Crippen molar-refractivity contribution in [3.63, 3.8) is 0 Å². The van der Waals surface area contributed by atoms with Crippen molar-refractivity contribution in [2.45, 2.75) is 0 Å². The lowest BCUT2D eigenvalue weighted by Gasteiger charge is -2.29. The molecule has 1 aromatic rings. The van der Waals surface area contributed by atoms with Crippen molar-refractivity contribution in [2.75, 3.05) is 23.3 Å². The van der Waals surface area contributed by atoms with E-state index in [1.54, 1.807) is 23.1 Å². The number of hydrogen-bond donors (Lipinski definition) is 1. The van der Waals surface area contributed by atoms with Gasteiger partial charge in [-0.05, 0) is 18.2 Å². The quantitative estimate of drug-likeness (QED) is 0.771. The van der Waals surface area contributed by atoms with Crippen LogP contribution in [0.4, 0.5) is 11.4 Å². The Morgan fingerprint density at radius 2 is 2.33 bits per heavy atom. The summed E-state index contributed by atoms with van der Waals surface area (Å²) < 4.78 is 0. The molecule has 0 saturated heterocycles. The van der Waals surface area contributed by atoms with E-state index in [-0.39, 0.29) is 19.0 Å².